The topological polar surface area (TPSA) is 4.44 Å². The van der Waals surface area contributed by atoms with E-state index in [4.69, 9.17) is 11.6 Å². The molecular formula is C12H15Cl2N. The van der Waals surface area contributed by atoms with Gasteiger partial charge in [0.05, 0.1) is 20.1 Å². The van der Waals surface area contributed by atoms with Crippen LogP contribution in [0.4, 0.5) is 0 Å². The van der Waals surface area contributed by atoms with Gasteiger partial charge < -0.3 is 17.3 Å². The van der Waals surface area contributed by atoms with E-state index in [1.807, 2.05) is 18.2 Å². The summed E-state index contributed by atoms with van der Waals surface area (Å²) in [6, 6.07) is 8.13. The summed E-state index contributed by atoms with van der Waals surface area (Å²) in [7, 11) is 2.23. The lowest BCUT2D eigenvalue weighted by Crippen LogP contribution is -3.09. The van der Waals surface area contributed by atoms with Crippen LogP contribution in [0.3, 0.4) is 0 Å². The Bertz CT molecular complexity index is 360. The molecule has 2 rings (SSSR count). The molecule has 3 heteroatoms. The molecule has 1 atom stereocenters. The summed E-state index contributed by atoms with van der Waals surface area (Å²) >= 11 is 5.96. The quantitative estimate of drug-likeness (QED) is 0.623. The highest BCUT2D eigenvalue weighted by Gasteiger charge is 2.11. The number of likely N-dealkylation sites (N-methyl/N-ethyl adjacent to an activating group) is 1. The van der Waals surface area contributed by atoms with Crippen molar-refractivity contribution in [1.82, 2.24) is 0 Å². The number of benzene rings is 1. The summed E-state index contributed by atoms with van der Waals surface area (Å²) in [6.45, 7) is 2.35. The van der Waals surface area contributed by atoms with Gasteiger partial charge in [0.1, 0.15) is 0 Å². The van der Waals surface area contributed by atoms with Crippen LogP contribution in [0.1, 0.15) is 12.0 Å². The number of hydrogen-bond acceptors (Lipinski definition) is 0. The molecule has 1 N–H and O–H groups in total. The minimum Gasteiger partial charge on any atom is -1.00 e. The predicted molar refractivity (Wildman–Crippen MR) is 60.7 cm³/mol. The van der Waals surface area contributed by atoms with Crippen LogP contribution in [0.15, 0.2) is 30.3 Å². The van der Waals surface area contributed by atoms with Crippen LogP contribution in [-0.2, 0) is 0 Å². The zero-order valence-electron chi connectivity index (χ0n) is 8.76. The van der Waals surface area contributed by atoms with E-state index < -0.39 is 0 Å². The third-order valence-electron chi connectivity index (χ3n) is 2.71. The van der Waals surface area contributed by atoms with E-state index in [0.717, 1.165) is 18.0 Å². The molecular weight excluding hydrogens is 229 g/mol. The van der Waals surface area contributed by atoms with Gasteiger partial charge in [-0.1, -0.05) is 23.7 Å². The molecule has 0 radical (unpaired) electrons. The van der Waals surface area contributed by atoms with Gasteiger partial charge in [0.15, 0.2) is 0 Å². The molecule has 82 valence electrons. The predicted octanol–water partition coefficient (Wildman–Crippen LogP) is -1.35. The molecule has 1 heterocycles. The molecule has 1 nitrogen and oxygen atoms in total. The minimum absolute atomic E-state index is 0. The summed E-state index contributed by atoms with van der Waals surface area (Å²) in [4.78, 5) is 1.58. The molecule has 1 aromatic rings. The zero-order valence-corrected chi connectivity index (χ0v) is 10.3. The summed E-state index contributed by atoms with van der Waals surface area (Å²) in [6.07, 6.45) is 3.48. The van der Waals surface area contributed by atoms with E-state index in [0.29, 0.717) is 0 Å². The van der Waals surface area contributed by atoms with Gasteiger partial charge in [-0.05, 0) is 29.3 Å². The highest BCUT2D eigenvalue weighted by molar-refractivity contribution is 6.30. The third-order valence-corrected chi connectivity index (χ3v) is 2.95. The van der Waals surface area contributed by atoms with Gasteiger partial charge >= 0.3 is 0 Å². The largest absolute Gasteiger partial charge is 1.00 e. The fourth-order valence-electron chi connectivity index (χ4n) is 1.80. The molecule has 1 aliphatic rings. The van der Waals surface area contributed by atoms with Gasteiger partial charge in [-0.3, -0.25) is 0 Å². The minimum atomic E-state index is 0. The van der Waals surface area contributed by atoms with Crippen LogP contribution in [0, 0.1) is 0 Å². The van der Waals surface area contributed by atoms with E-state index in [2.05, 4.69) is 19.2 Å². The molecule has 0 amide bonds. The van der Waals surface area contributed by atoms with Crippen molar-refractivity contribution in [2.24, 2.45) is 0 Å². The molecule has 0 fully saturated rings. The lowest BCUT2D eigenvalue weighted by Gasteiger charge is -2.19. The summed E-state index contributed by atoms with van der Waals surface area (Å²) in [5, 5.41) is 0.828. The lowest BCUT2D eigenvalue weighted by molar-refractivity contribution is -0.874. The zero-order chi connectivity index (χ0) is 9.97. The van der Waals surface area contributed by atoms with E-state index in [-0.39, 0.29) is 12.4 Å². The van der Waals surface area contributed by atoms with E-state index >= 15 is 0 Å². The van der Waals surface area contributed by atoms with Crippen molar-refractivity contribution in [3.05, 3.63) is 40.9 Å². The summed E-state index contributed by atoms with van der Waals surface area (Å²) in [5.74, 6) is 0. The Labute approximate surface area is 102 Å². The van der Waals surface area contributed by atoms with Gasteiger partial charge in [0.25, 0.3) is 0 Å². The van der Waals surface area contributed by atoms with Crippen LogP contribution in [0.2, 0.25) is 5.02 Å². The van der Waals surface area contributed by atoms with Gasteiger partial charge in [0.2, 0.25) is 0 Å². The molecule has 0 bridgehead atoms. The summed E-state index contributed by atoms with van der Waals surface area (Å²) in [5.41, 5.74) is 2.73. The standard InChI is InChI=1S/C12H14ClN.ClH/c1-14-7-5-10(6-8-14)11-3-2-4-12(13)9-11;/h2-5,9H,6-8H2,1H3;1H. The molecule has 15 heavy (non-hydrogen) atoms. The fourth-order valence-corrected chi connectivity index (χ4v) is 1.99. The van der Waals surface area contributed by atoms with Crippen LogP contribution in [0.25, 0.3) is 5.57 Å². The first kappa shape index (κ1) is 12.6. The lowest BCUT2D eigenvalue weighted by atomic mass is 10.00. The maximum Gasteiger partial charge on any atom is 0.0962 e. The van der Waals surface area contributed by atoms with Gasteiger partial charge in [-0.25, -0.2) is 0 Å². The van der Waals surface area contributed by atoms with Crippen molar-refractivity contribution in [2.45, 2.75) is 6.42 Å². The fraction of sp³-hybridized carbons (Fsp3) is 0.333. The number of rotatable bonds is 1. The first-order valence-corrected chi connectivity index (χ1v) is 5.40. The van der Waals surface area contributed by atoms with E-state index in [9.17, 15) is 0 Å². The average molecular weight is 244 g/mol. The highest BCUT2D eigenvalue weighted by Crippen LogP contribution is 2.21. The Morgan fingerprint density at radius 1 is 1.33 bits per heavy atom. The Kier molecular flexibility index (Phi) is 4.65. The number of halogens is 2. The average Bonchev–Trinajstić information content (AvgIpc) is 2.19. The second-order valence-corrected chi connectivity index (χ2v) is 4.34. The first-order chi connectivity index (χ1) is 6.75. The number of nitrogens with one attached hydrogen (secondary N) is 1. The maximum atomic E-state index is 5.96. The van der Waals surface area contributed by atoms with Crippen molar-refractivity contribution in [3.63, 3.8) is 0 Å². The number of quaternary nitrogens is 1. The molecule has 0 saturated heterocycles. The van der Waals surface area contributed by atoms with Gasteiger partial charge in [-0.2, -0.15) is 0 Å². The molecule has 0 aliphatic carbocycles. The Morgan fingerprint density at radius 2 is 2.13 bits per heavy atom. The van der Waals surface area contributed by atoms with Crippen molar-refractivity contribution < 1.29 is 17.3 Å². The SMILES string of the molecule is C[NH+]1CC=C(c2cccc(Cl)c2)CC1.[Cl-]. The second kappa shape index (κ2) is 5.55. The molecule has 1 aromatic carbocycles. The summed E-state index contributed by atoms with van der Waals surface area (Å²) < 4.78 is 0. The van der Waals surface area contributed by atoms with Gasteiger partial charge in [0, 0.05) is 11.4 Å². The van der Waals surface area contributed by atoms with Crippen molar-refractivity contribution in [1.29, 1.82) is 0 Å². The number of hydrogen-bond donors (Lipinski definition) is 1. The van der Waals surface area contributed by atoms with E-state index in [1.165, 1.54) is 17.7 Å². The monoisotopic (exact) mass is 243 g/mol. The van der Waals surface area contributed by atoms with Crippen LogP contribution in [0.5, 0.6) is 0 Å². The van der Waals surface area contributed by atoms with Gasteiger partial charge in [-0.15, -0.1) is 0 Å². The van der Waals surface area contributed by atoms with Crippen LogP contribution in [-0.4, -0.2) is 20.1 Å². The van der Waals surface area contributed by atoms with E-state index in [1.54, 1.807) is 4.90 Å². The van der Waals surface area contributed by atoms with Crippen molar-refractivity contribution in [2.75, 3.05) is 20.1 Å². The third kappa shape index (κ3) is 3.23. The molecule has 1 unspecified atom stereocenters. The molecule has 0 spiro atoms. The second-order valence-electron chi connectivity index (χ2n) is 3.90. The Hall–Kier alpha value is -0.500. The smallest absolute Gasteiger partial charge is 0.0962 e. The molecule has 1 aliphatic heterocycles. The Morgan fingerprint density at radius 3 is 2.73 bits per heavy atom. The first-order valence-electron chi connectivity index (χ1n) is 5.02. The molecule has 0 saturated carbocycles. The van der Waals surface area contributed by atoms with Crippen molar-refractivity contribution >= 4 is 17.2 Å². The molecule has 0 aromatic heterocycles. The Balaban J connectivity index is 0.00000112. The van der Waals surface area contributed by atoms with Crippen molar-refractivity contribution in [3.8, 4) is 0 Å². The maximum absolute atomic E-state index is 5.96. The normalized spacial score (nSPS) is 20.4. The van der Waals surface area contributed by atoms with Crippen LogP contribution >= 0.6 is 11.6 Å². The highest BCUT2D eigenvalue weighted by atomic mass is 35.5. The van der Waals surface area contributed by atoms with Crippen LogP contribution < -0.4 is 17.3 Å².